The van der Waals surface area contributed by atoms with Gasteiger partial charge in [-0.15, -0.1) is 0 Å². The quantitative estimate of drug-likeness (QED) is 0.289. The number of nitrogen functional groups attached to an aromatic ring is 1. The minimum Gasteiger partial charge on any atom is -0.492 e. The zero-order valence-corrected chi connectivity index (χ0v) is 19.1. The maximum Gasteiger partial charge on any atom is 0.274 e. The van der Waals surface area contributed by atoms with Gasteiger partial charge in [-0.1, -0.05) is 17.9 Å². The Bertz CT molecular complexity index is 1420. The van der Waals surface area contributed by atoms with Crippen LogP contribution in [0.3, 0.4) is 0 Å². The van der Waals surface area contributed by atoms with Gasteiger partial charge in [0.2, 0.25) is 0 Å². The van der Waals surface area contributed by atoms with E-state index in [1.165, 1.54) is 29.2 Å². The van der Waals surface area contributed by atoms with Gasteiger partial charge in [0.25, 0.3) is 10.2 Å². The van der Waals surface area contributed by atoms with Crippen molar-refractivity contribution in [3.05, 3.63) is 59.9 Å². The van der Waals surface area contributed by atoms with Crippen LogP contribution < -0.4 is 20.3 Å². The molecule has 0 saturated carbocycles. The second kappa shape index (κ2) is 9.74. The van der Waals surface area contributed by atoms with E-state index >= 15 is 0 Å². The molecule has 1 saturated heterocycles. The van der Waals surface area contributed by atoms with Gasteiger partial charge in [-0.05, 0) is 19.1 Å². The van der Waals surface area contributed by atoms with E-state index in [1.54, 1.807) is 13.0 Å². The standard InChI is InChI=1S/C21H21FN6O6S/c1-2-33-14-5-3-4-13(22)12(14)7-6-11-9-28(20-16(11)19(23)25-10-26-20)21-18(30)17(29)15(34-21)8-27-35(24,31)32/h3-5,9-10,17,21,27,29-30H,2,8H2,1H3,(H2,23,25,26)(H2,24,31,32)/t17-,21-/m1/s1. The molecule has 1 aromatic carbocycles. The molecule has 4 rings (SSSR count). The summed E-state index contributed by atoms with van der Waals surface area (Å²) in [5, 5.41) is 26.0. The van der Waals surface area contributed by atoms with Crippen LogP contribution in [0.2, 0.25) is 0 Å². The second-order valence-electron chi connectivity index (χ2n) is 7.33. The lowest BCUT2D eigenvalue weighted by Crippen LogP contribution is -2.36. The van der Waals surface area contributed by atoms with E-state index < -0.39 is 41.0 Å². The molecule has 0 aliphatic carbocycles. The van der Waals surface area contributed by atoms with Gasteiger partial charge < -0.3 is 30.0 Å². The van der Waals surface area contributed by atoms with Crippen LogP contribution in [-0.2, 0) is 14.9 Å². The highest BCUT2D eigenvalue weighted by Crippen LogP contribution is 2.41. The Balaban J connectivity index is 1.75. The van der Waals surface area contributed by atoms with Gasteiger partial charge >= 0.3 is 0 Å². The molecule has 2 aromatic heterocycles. The zero-order valence-electron chi connectivity index (χ0n) is 18.3. The van der Waals surface area contributed by atoms with Crippen molar-refractivity contribution >= 4 is 27.1 Å². The lowest BCUT2D eigenvalue weighted by molar-refractivity contribution is 0.0388. The summed E-state index contributed by atoms with van der Waals surface area (Å²) >= 11 is 0. The maximum atomic E-state index is 14.4. The van der Waals surface area contributed by atoms with Gasteiger partial charge in [0.05, 0.1) is 17.6 Å². The fraction of sp³-hybridized carbons (Fsp3) is 0.238. The van der Waals surface area contributed by atoms with Crippen molar-refractivity contribution in [2.75, 3.05) is 18.9 Å². The summed E-state index contributed by atoms with van der Waals surface area (Å²) in [7, 11) is -4.07. The molecule has 3 heterocycles. The third-order valence-electron chi connectivity index (χ3n) is 5.04. The molecule has 14 heteroatoms. The van der Waals surface area contributed by atoms with Crippen molar-refractivity contribution in [3.63, 3.8) is 0 Å². The Morgan fingerprint density at radius 3 is 2.83 bits per heavy atom. The van der Waals surface area contributed by atoms with Gasteiger partial charge in [-0.2, -0.15) is 13.1 Å². The molecule has 184 valence electrons. The normalized spacial score (nSPS) is 19.1. The lowest BCUT2D eigenvalue weighted by atomic mass is 10.1. The minimum absolute atomic E-state index is 0.0392. The predicted octanol–water partition coefficient (Wildman–Crippen LogP) is 0.0704. The number of halogens is 1. The van der Waals surface area contributed by atoms with Crippen LogP contribution in [0, 0.1) is 29.9 Å². The van der Waals surface area contributed by atoms with E-state index in [2.05, 4.69) is 21.8 Å². The molecule has 0 amide bonds. The average molecular weight is 505 g/mol. The number of aromatic nitrogens is 3. The molecule has 0 unspecified atom stereocenters. The van der Waals surface area contributed by atoms with Gasteiger partial charge in [0.1, 0.15) is 47.1 Å². The molecule has 1 aliphatic rings. The Hall–Kier alpha value is -3.32. The molecule has 7 N–H and O–H groups in total. The highest BCUT2D eigenvalue weighted by Gasteiger charge is 2.46. The summed E-state index contributed by atoms with van der Waals surface area (Å²) in [5.41, 5.74) is 6.57. The molecular weight excluding hydrogens is 483 g/mol. The van der Waals surface area contributed by atoms with Crippen LogP contribution in [-0.4, -0.2) is 52.4 Å². The third kappa shape index (κ3) is 5.05. The summed E-state index contributed by atoms with van der Waals surface area (Å²) in [4.78, 5) is 8.14. The number of fused-ring (bicyclic) bond motifs is 1. The lowest BCUT2D eigenvalue weighted by Gasteiger charge is -2.16. The fourth-order valence-corrected chi connectivity index (χ4v) is 3.83. The maximum absolute atomic E-state index is 14.4. The number of benzene rings is 1. The number of rotatable bonds is 6. The minimum atomic E-state index is -4.07. The van der Waals surface area contributed by atoms with Crippen LogP contribution in [0.15, 0.2) is 30.7 Å². The molecule has 2 atom stereocenters. The van der Waals surface area contributed by atoms with Crippen molar-refractivity contribution in [1.29, 1.82) is 0 Å². The number of nitrogens with two attached hydrogens (primary N) is 2. The molecule has 1 fully saturated rings. The van der Waals surface area contributed by atoms with Gasteiger partial charge in [-0.25, -0.2) is 19.5 Å². The van der Waals surface area contributed by atoms with E-state index in [9.17, 15) is 23.0 Å². The number of ether oxygens (including phenoxy) is 2. The summed E-state index contributed by atoms with van der Waals surface area (Å²) in [6.07, 6.45) is -0.989. The van der Waals surface area contributed by atoms with Crippen LogP contribution in [0.4, 0.5) is 10.2 Å². The summed E-state index contributed by atoms with van der Waals surface area (Å²) in [6.45, 7) is 1.60. The number of aliphatic hydroxyl groups is 2. The first-order chi connectivity index (χ1) is 16.6. The van der Waals surface area contributed by atoms with E-state index in [0.29, 0.717) is 12.0 Å². The Labute approximate surface area is 199 Å². The number of nitrogens with one attached hydrogen (secondary N) is 1. The Morgan fingerprint density at radius 2 is 2.11 bits per heavy atom. The van der Waals surface area contributed by atoms with E-state index in [1.807, 2.05) is 4.72 Å². The van der Waals surface area contributed by atoms with Gasteiger partial charge in [0.15, 0.2) is 12.3 Å². The summed E-state index contributed by atoms with van der Waals surface area (Å²) in [6, 6.07) is 4.34. The van der Waals surface area contributed by atoms with Crippen LogP contribution >= 0.6 is 0 Å². The van der Waals surface area contributed by atoms with Crippen LogP contribution in [0.25, 0.3) is 11.0 Å². The number of nitrogens with zero attached hydrogens (tertiary/aromatic N) is 3. The first kappa shape index (κ1) is 24.8. The van der Waals surface area contributed by atoms with Crippen molar-refractivity contribution in [1.82, 2.24) is 19.3 Å². The molecule has 0 spiro atoms. The number of aliphatic hydroxyl groups excluding tert-OH is 2. The highest BCUT2D eigenvalue weighted by molar-refractivity contribution is 7.87. The highest BCUT2D eigenvalue weighted by atomic mass is 32.2. The van der Waals surface area contributed by atoms with E-state index in [-0.39, 0.29) is 34.4 Å². The Morgan fingerprint density at radius 1 is 1.34 bits per heavy atom. The molecule has 2 radical (unpaired) electrons. The van der Waals surface area contributed by atoms with Crippen LogP contribution in [0.1, 0.15) is 24.3 Å². The Kier molecular flexibility index (Phi) is 6.90. The third-order valence-corrected chi connectivity index (χ3v) is 5.58. The van der Waals surface area contributed by atoms with E-state index in [4.69, 9.17) is 20.3 Å². The topological polar surface area (TPSA) is 188 Å². The monoisotopic (exact) mass is 504 g/mol. The number of anilines is 1. The van der Waals surface area contributed by atoms with Gasteiger partial charge in [-0.3, -0.25) is 0 Å². The molecule has 0 bridgehead atoms. The first-order valence-corrected chi connectivity index (χ1v) is 11.7. The van der Waals surface area contributed by atoms with Crippen molar-refractivity contribution in [2.45, 2.75) is 19.3 Å². The predicted molar refractivity (Wildman–Crippen MR) is 121 cm³/mol. The largest absolute Gasteiger partial charge is 0.492 e. The number of hydrogen-bond donors (Lipinski definition) is 5. The molecular formula is C21H21FN6O6S. The molecule has 1 aliphatic heterocycles. The van der Waals surface area contributed by atoms with Crippen molar-refractivity contribution in [2.24, 2.45) is 5.14 Å². The fourth-order valence-electron chi connectivity index (χ4n) is 3.49. The molecule has 12 nitrogen and oxygen atoms in total. The smallest absolute Gasteiger partial charge is 0.274 e. The second-order valence-corrected chi connectivity index (χ2v) is 8.71. The summed E-state index contributed by atoms with van der Waals surface area (Å²) in [5.74, 6) is 5.33. The van der Waals surface area contributed by atoms with E-state index in [0.717, 1.165) is 0 Å². The van der Waals surface area contributed by atoms with Crippen LogP contribution in [0.5, 0.6) is 5.75 Å². The first-order valence-electron chi connectivity index (χ1n) is 10.2. The van der Waals surface area contributed by atoms with Gasteiger partial charge in [0, 0.05) is 12.7 Å². The summed E-state index contributed by atoms with van der Waals surface area (Å²) < 4.78 is 51.1. The number of hydrogen-bond acceptors (Lipinski definition) is 9. The molecule has 3 aromatic rings. The molecule has 35 heavy (non-hydrogen) atoms. The zero-order chi connectivity index (χ0) is 25.3. The van der Waals surface area contributed by atoms with Crippen molar-refractivity contribution in [3.8, 4) is 17.6 Å². The van der Waals surface area contributed by atoms with Crippen molar-refractivity contribution < 1.29 is 32.5 Å². The average Bonchev–Trinajstić information content (AvgIpc) is 3.30. The SMILES string of the molecule is CCOc1cccc(F)c1C#Cc1cn([C@@H]2O[C](CNS(N)(=O)=O)[C@@H](O)[C]2O)c2ncnc(N)c12.